The third-order valence-electron chi connectivity index (χ3n) is 4.75. The Bertz CT molecular complexity index is 1110. The number of amides is 1. The Morgan fingerprint density at radius 3 is 2.70 bits per heavy atom. The molecule has 4 rings (SSSR count). The van der Waals surface area contributed by atoms with Crippen molar-refractivity contribution in [3.8, 4) is 22.9 Å². The molecule has 0 unspecified atom stereocenters. The second-order valence-corrected chi connectivity index (χ2v) is 6.99. The fourth-order valence-electron chi connectivity index (χ4n) is 3.21. The molecule has 0 saturated heterocycles. The van der Waals surface area contributed by atoms with E-state index in [-0.39, 0.29) is 29.8 Å². The van der Waals surface area contributed by atoms with Crippen LogP contribution in [0.15, 0.2) is 42.5 Å². The highest BCUT2D eigenvalue weighted by atomic mass is 19.4. The van der Waals surface area contributed by atoms with Crippen LogP contribution in [0, 0.1) is 6.92 Å². The second-order valence-electron chi connectivity index (χ2n) is 6.99. The van der Waals surface area contributed by atoms with E-state index in [1.165, 1.54) is 17.0 Å². The molecule has 1 N–H and O–H groups in total. The number of aromatic amines is 1. The maximum atomic E-state index is 13.0. The summed E-state index contributed by atoms with van der Waals surface area (Å²) in [5.74, 6) is 1.14. The van der Waals surface area contributed by atoms with Gasteiger partial charge in [-0.15, -0.1) is 0 Å². The van der Waals surface area contributed by atoms with Crippen LogP contribution in [0.5, 0.6) is 11.5 Å². The first-order valence-electron chi connectivity index (χ1n) is 9.10. The summed E-state index contributed by atoms with van der Waals surface area (Å²) in [6.45, 7) is 2.13. The lowest BCUT2D eigenvalue weighted by Crippen LogP contribution is -2.27. The molecular formula is C21H18F3N3O3. The number of rotatable bonds is 4. The summed E-state index contributed by atoms with van der Waals surface area (Å²) in [6.07, 6.45) is -4.46. The van der Waals surface area contributed by atoms with Crippen LogP contribution >= 0.6 is 0 Å². The molecule has 0 atom stereocenters. The van der Waals surface area contributed by atoms with Gasteiger partial charge in [-0.25, -0.2) is 4.98 Å². The van der Waals surface area contributed by atoms with Gasteiger partial charge < -0.3 is 19.4 Å². The topological polar surface area (TPSA) is 67.5 Å². The molecule has 0 aliphatic carbocycles. The van der Waals surface area contributed by atoms with Crippen molar-refractivity contribution in [2.75, 3.05) is 13.8 Å². The third-order valence-corrected chi connectivity index (χ3v) is 4.75. The van der Waals surface area contributed by atoms with E-state index >= 15 is 0 Å². The second kappa shape index (κ2) is 7.40. The highest BCUT2D eigenvalue weighted by molar-refractivity contribution is 5.94. The number of hydrogen-bond donors (Lipinski definition) is 1. The minimum Gasteiger partial charge on any atom is -0.454 e. The molecule has 9 heteroatoms. The summed E-state index contributed by atoms with van der Waals surface area (Å²) < 4.78 is 49.6. The van der Waals surface area contributed by atoms with Gasteiger partial charge in [0, 0.05) is 24.8 Å². The molecule has 0 radical (unpaired) electrons. The largest absolute Gasteiger partial charge is 0.454 e. The number of alkyl halides is 3. The Hall–Kier alpha value is -3.49. The Labute approximate surface area is 170 Å². The van der Waals surface area contributed by atoms with Gasteiger partial charge in [0.25, 0.3) is 5.91 Å². The number of benzene rings is 2. The molecule has 0 bridgehead atoms. The van der Waals surface area contributed by atoms with Crippen molar-refractivity contribution >= 4 is 5.91 Å². The van der Waals surface area contributed by atoms with Gasteiger partial charge in [-0.1, -0.05) is 18.2 Å². The number of nitrogens with one attached hydrogen (secondary N) is 1. The molecule has 2 aromatic carbocycles. The predicted octanol–water partition coefficient (Wildman–Crippen LogP) is 4.40. The molecule has 6 nitrogen and oxygen atoms in total. The van der Waals surface area contributed by atoms with E-state index in [0.29, 0.717) is 23.7 Å². The predicted molar refractivity (Wildman–Crippen MR) is 102 cm³/mol. The van der Waals surface area contributed by atoms with Crippen LogP contribution in [-0.2, 0) is 12.7 Å². The van der Waals surface area contributed by atoms with Crippen LogP contribution in [0.2, 0.25) is 0 Å². The van der Waals surface area contributed by atoms with Crippen LogP contribution in [0.3, 0.4) is 0 Å². The molecule has 1 aromatic heterocycles. The first-order valence-corrected chi connectivity index (χ1v) is 9.10. The number of fused-ring (bicyclic) bond motifs is 1. The zero-order valence-electron chi connectivity index (χ0n) is 16.2. The van der Waals surface area contributed by atoms with E-state index in [9.17, 15) is 18.0 Å². The lowest BCUT2D eigenvalue weighted by atomic mass is 10.1. The molecule has 1 amide bonds. The molecule has 1 aliphatic rings. The summed E-state index contributed by atoms with van der Waals surface area (Å²) in [5.41, 5.74) is 0.962. The SMILES string of the molecule is Cc1[nH]c(-c2cccc(C(F)(F)F)c2)nc1C(=O)N(C)Cc1ccc2c(c1)OCO2. The van der Waals surface area contributed by atoms with Gasteiger partial charge in [-0.3, -0.25) is 4.79 Å². The average Bonchev–Trinajstić information content (AvgIpc) is 3.33. The summed E-state index contributed by atoms with van der Waals surface area (Å²) in [4.78, 5) is 21.5. The number of aromatic nitrogens is 2. The highest BCUT2D eigenvalue weighted by Gasteiger charge is 2.31. The molecule has 1 aliphatic heterocycles. The van der Waals surface area contributed by atoms with E-state index in [4.69, 9.17) is 9.47 Å². The van der Waals surface area contributed by atoms with Gasteiger partial charge in [0.05, 0.1) is 5.56 Å². The van der Waals surface area contributed by atoms with Gasteiger partial charge in [0.2, 0.25) is 6.79 Å². The molecule has 156 valence electrons. The van der Waals surface area contributed by atoms with Gasteiger partial charge in [-0.2, -0.15) is 13.2 Å². The summed E-state index contributed by atoms with van der Waals surface area (Å²) >= 11 is 0. The number of carbonyl (C=O) groups excluding carboxylic acids is 1. The van der Waals surface area contributed by atoms with E-state index in [1.54, 1.807) is 26.1 Å². The third kappa shape index (κ3) is 3.83. The number of imidazole rings is 1. The minimum atomic E-state index is -4.46. The van der Waals surface area contributed by atoms with Gasteiger partial charge in [-0.05, 0) is 36.8 Å². The van der Waals surface area contributed by atoms with E-state index < -0.39 is 11.7 Å². The summed E-state index contributed by atoms with van der Waals surface area (Å²) in [6, 6.07) is 10.2. The minimum absolute atomic E-state index is 0.158. The molecule has 0 fully saturated rings. The first kappa shape index (κ1) is 19.8. The summed E-state index contributed by atoms with van der Waals surface area (Å²) in [7, 11) is 1.63. The molecular weight excluding hydrogens is 399 g/mol. The van der Waals surface area contributed by atoms with Gasteiger partial charge in [0.1, 0.15) is 11.5 Å². The number of ether oxygens (including phenoxy) is 2. The Morgan fingerprint density at radius 2 is 1.93 bits per heavy atom. The fourth-order valence-corrected chi connectivity index (χ4v) is 3.21. The average molecular weight is 417 g/mol. The van der Waals surface area contributed by atoms with Gasteiger partial charge >= 0.3 is 6.18 Å². The van der Waals surface area contributed by atoms with Crippen LogP contribution in [0.25, 0.3) is 11.4 Å². The van der Waals surface area contributed by atoms with Crippen molar-refractivity contribution < 1.29 is 27.4 Å². The number of aryl methyl sites for hydroxylation is 1. The number of H-pyrrole nitrogens is 1. The van der Waals surface area contributed by atoms with Gasteiger partial charge in [0.15, 0.2) is 11.5 Å². The van der Waals surface area contributed by atoms with E-state index in [2.05, 4.69) is 9.97 Å². The first-order chi connectivity index (χ1) is 14.2. The molecule has 3 aromatic rings. The maximum absolute atomic E-state index is 13.0. The zero-order valence-corrected chi connectivity index (χ0v) is 16.2. The van der Waals surface area contributed by atoms with E-state index in [1.807, 2.05) is 6.07 Å². The highest BCUT2D eigenvalue weighted by Crippen LogP contribution is 2.33. The van der Waals surface area contributed by atoms with Crippen molar-refractivity contribution in [1.29, 1.82) is 0 Å². The number of nitrogens with zero attached hydrogens (tertiary/aromatic N) is 2. The van der Waals surface area contributed by atoms with Crippen molar-refractivity contribution in [3.05, 3.63) is 65.0 Å². The molecule has 0 spiro atoms. The maximum Gasteiger partial charge on any atom is 0.416 e. The van der Waals surface area contributed by atoms with Crippen LogP contribution in [-0.4, -0.2) is 34.6 Å². The van der Waals surface area contributed by atoms with Crippen molar-refractivity contribution in [2.24, 2.45) is 0 Å². The Morgan fingerprint density at radius 1 is 1.17 bits per heavy atom. The smallest absolute Gasteiger partial charge is 0.416 e. The normalized spacial score (nSPS) is 12.8. The lowest BCUT2D eigenvalue weighted by Gasteiger charge is -2.16. The molecule has 0 saturated carbocycles. The standard InChI is InChI=1S/C21H18F3N3O3/c1-12-18(26-19(25-12)14-4-3-5-15(9-14)21(22,23)24)20(28)27(2)10-13-6-7-16-17(8-13)30-11-29-16/h3-9H,10-11H2,1-2H3,(H,25,26). The van der Waals surface area contributed by atoms with Crippen LogP contribution in [0.1, 0.15) is 27.3 Å². The van der Waals surface area contributed by atoms with Crippen LogP contribution in [0.4, 0.5) is 13.2 Å². The quantitative estimate of drug-likeness (QED) is 0.683. The lowest BCUT2D eigenvalue weighted by molar-refractivity contribution is -0.137. The molecule has 30 heavy (non-hydrogen) atoms. The monoisotopic (exact) mass is 417 g/mol. The Kier molecular flexibility index (Phi) is 4.89. The Balaban J connectivity index is 1.54. The van der Waals surface area contributed by atoms with Crippen LogP contribution < -0.4 is 9.47 Å². The summed E-state index contributed by atoms with van der Waals surface area (Å²) in [5, 5.41) is 0. The van der Waals surface area contributed by atoms with Crippen molar-refractivity contribution in [3.63, 3.8) is 0 Å². The number of carbonyl (C=O) groups is 1. The van der Waals surface area contributed by atoms with E-state index in [0.717, 1.165) is 17.7 Å². The van der Waals surface area contributed by atoms with Crippen molar-refractivity contribution in [2.45, 2.75) is 19.6 Å². The molecule has 2 heterocycles. The number of halogens is 3. The fraction of sp³-hybridized carbons (Fsp3) is 0.238. The number of hydrogen-bond acceptors (Lipinski definition) is 4. The zero-order chi connectivity index (χ0) is 21.5. The van der Waals surface area contributed by atoms with Crippen molar-refractivity contribution in [1.82, 2.24) is 14.9 Å².